The van der Waals surface area contributed by atoms with E-state index in [1.807, 2.05) is 19.1 Å². The average Bonchev–Trinajstić information content (AvgIpc) is 3.01. The third kappa shape index (κ3) is 4.37. The number of ether oxygens (including phenoxy) is 1. The van der Waals surface area contributed by atoms with Crippen LogP contribution in [0.2, 0.25) is 0 Å². The lowest BCUT2D eigenvalue weighted by atomic mass is 9.89. The molecule has 1 aliphatic rings. The SMILES string of the molecule is CCc1ccc(C(=O)OCC(=O)Nc2sc3c(c2C#N)CC[C@@H](C)C3)cc1. The number of thiophene rings is 1. The van der Waals surface area contributed by atoms with Gasteiger partial charge >= 0.3 is 5.97 Å². The summed E-state index contributed by atoms with van der Waals surface area (Å²) in [5.41, 5.74) is 3.16. The molecule has 1 heterocycles. The first-order valence-corrected chi connectivity index (χ1v) is 9.94. The molecule has 3 rings (SSSR count). The van der Waals surface area contributed by atoms with Crippen molar-refractivity contribution in [2.24, 2.45) is 5.92 Å². The van der Waals surface area contributed by atoms with Crippen LogP contribution in [0.5, 0.6) is 0 Å². The van der Waals surface area contributed by atoms with Gasteiger partial charge in [0.1, 0.15) is 11.1 Å². The van der Waals surface area contributed by atoms with Gasteiger partial charge in [0.25, 0.3) is 5.91 Å². The van der Waals surface area contributed by atoms with Gasteiger partial charge in [0.15, 0.2) is 6.61 Å². The number of aryl methyl sites for hydroxylation is 1. The van der Waals surface area contributed by atoms with Crippen molar-refractivity contribution in [2.45, 2.75) is 39.5 Å². The molecule has 1 aromatic carbocycles. The molecule has 27 heavy (non-hydrogen) atoms. The highest BCUT2D eigenvalue weighted by Gasteiger charge is 2.24. The zero-order valence-corrected chi connectivity index (χ0v) is 16.3. The summed E-state index contributed by atoms with van der Waals surface area (Å²) in [6.45, 7) is 3.86. The predicted octanol–water partition coefficient (Wildman–Crippen LogP) is 4.10. The molecule has 6 heteroatoms. The Balaban J connectivity index is 1.61. The van der Waals surface area contributed by atoms with Crippen molar-refractivity contribution in [2.75, 3.05) is 11.9 Å². The van der Waals surface area contributed by atoms with Crippen molar-refractivity contribution in [3.8, 4) is 6.07 Å². The van der Waals surface area contributed by atoms with E-state index in [4.69, 9.17) is 4.74 Å². The van der Waals surface area contributed by atoms with E-state index < -0.39 is 11.9 Å². The molecule has 2 aromatic rings. The summed E-state index contributed by atoms with van der Waals surface area (Å²) >= 11 is 1.46. The Labute approximate surface area is 163 Å². The number of carbonyl (C=O) groups excluding carboxylic acids is 2. The number of anilines is 1. The summed E-state index contributed by atoms with van der Waals surface area (Å²) in [6.07, 6.45) is 3.75. The fourth-order valence-corrected chi connectivity index (χ4v) is 4.59. The summed E-state index contributed by atoms with van der Waals surface area (Å²) in [5, 5.41) is 12.8. The monoisotopic (exact) mass is 382 g/mol. The molecule has 0 fully saturated rings. The molecule has 1 aliphatic carbocycles. The normalized spacial score (nSPS) is 15.5. The first kappa shape index (κ1) is 19.1. The van der Waals surface area contributed by atoms with E-state index >= 15 is 0 Å². The average molecular weight is 382 g/mol. The highest BCUT2D eigenvalue weighted by Crippen LogP contribution is 2.39. The van der Waals surface area contributed by atoms with E-state index in [2.05, 4.69) is 18.3 Å². The first-order chi connectivity index (χ1) is 13.0. The molecule has 0 spiro atoms. The molecule has 140 valence electrons. The Kier molecular flexibility index (Phi) is 5.92. The van der Waals surface area contributed by atoms with Gasteiger partial charge in [-0.15, -0.1) is 11.3 Å². The molecule has 0 radical (unpaired) electrons. The maximum absolute atomic E-state index is 12.2. The van der Waals surface area contributed by atoms with Gasteiger partial charge in [-0.2, -0.15) is 5.26 Å². The maximum atomic E-state index is 12.2. The number of amides is 1. The van der Waals surface area contributed by atoms with Crippen molar-refractivity contribution < 1.29 is 14.3 Å². The molecule has 0 bridgehead atoms. The molecule has 0 saturated heterocycles. The van der Waals surface area contributed by atoms with Crippen molar-refractivity contribution in [3.63, 3.8) is 0 Å². The Morgan fingerprint density at radius 2 is 2.07 bits per heavy atom. The van der Waals surface area contributed by atoms with Gasteiger partial charge in [0.2, 0.25) is 0 Å². The van der Waals surface area contributed by atoms with Gasteiger partial charge < -0.3 is 10.1 Å². The number of nitriles is 1. The highest BCUT2D eigenvalue weighted by atomic mass is 32.1. The molecule has 0 saturated carbocycles. The van der Waals surface area contributed by atoms with Crippen LogP contribution in [0.1, 0.15) is 52.2 Å². The van der Waals surface area contributed by atoms with Crippen LogP contribution < -0.4 is 5.32 Å². The number of fused-ring (bicyclic) bond motifs is 1. The van der Waals surface area contributed by atoms with Gasteiger partial charge in [-0.3, -0.25) is 4.79 Å². The Morgan fingerprint density at radius 1 is 1.33 bits per heavy atom. The van der Waals surface area contributed by atoms with E-state index in [0.717, 1.165) is 36.8 Å². The van der Waals surface area contributed by atoms with Gasteiger partial charge in [-0.05, 0) is 54.9 Å². The first-order valence-electron chi connectivity index (χ1n) is 9.12. The quantitative estimate of drug-likeness (QED) is 0.790. The minimum absolute atomic E-state index is 0.377. The predicted molar refractivity (Wildman–Crippen MR) is 105 cm³/mol. The van der Waals surface area contributed by atoms with Gasteiger partial charge in [0, 0.05) is 4.88 Å². The smallest absolute Gasteiger partial charge is 0.338 e. The van der Waals surface area contributed by atoms with Crippen LogP contribution in [0.3, 0.4) is 0 Å². The molecule has 1 N–H and O–H groups in total. The minimum Gasteiger partial charge on any atom is -0.452 e. The van der Waals surface area contributed by atoms with E-state index in [1.165, 1.54) is 16.2 Å². The van der Waals surface area contributed by atoms with Crippen LogP contribution in [-0.2, 0) is 28.8 Å². The van der Waals surface area contributed by atoms with Crippen LogP contribution in [0.4, 0.5) is 5.00 Å². The summed E-state index contributed by atoms with van der Waals surface area (Å²) < 4.78 is 5.10. The largest absolute Gasteiger partial charge is 0.452 e. The van der Waals surface area contributed by atoms with Crippen molar-refractivity contribution in [3.05, 3.63) is 51.4 Å². The van der Waals surface area contributed by atoms with Gasteiger partial charge in [0.05, 0.1) is 11.1 Å². The lowest BCUT2D eigenvalue weighted by Gasteiger charge is -2.17. The zero-order chi connectivity index (χ0) is 19.4. The van der Waals surface area contributed by atoms with Crippen molar-refractivity contribution >= 4 is 28.2 Å². The Morgan fingerprint density at radius 3 is 2.74 bits per heavy atom. The summed E-state index contributed by atoms with van der Waals surface area (Å²) in [7, 11) is 0. The molecule has 0 aliphatic heterocycles. The second-order valence-electron chi connectivity index (χ2n) is 6.84. The highest BCUT2D eigenvalue weighted by molar-refractivity contribution is 7.16. The fourth-order valence-electron chi connectivity index (χ4n) is 3.21. The topological polar surface area (TPSA) is 79.2 Å². The molecular weight excluding hydrogens is 360 g/mol. The number of hydrogen-bond acceptors (Lipinski definition) is 5. The number of rotatable bonds is 5. The minimum atomic E-state index is -0.535. The number of hydrogen-bond donors (Lipinski definition) is 1. The van der Waals surface area contributed by atoms with Crippen LogP contribution in [0.25, 0.3) is 0 Å². The van der Waals surface area contributed by atoms with E-state index in [9.17, 15) is 14.9 Å². The number of nitrogens with zero attached hydrogens (tertiary/aromatic N) is 1. The third-order valence-electron chi connectivity index (χ3n) is 4.81. The molecule has 5 nitrogen and oxygen atoms in total. The standard InChI is InChI=1S/C21H22N2O3S/c1-3-14-5-7-15(8-6-14)21(25)26-12-19(24)23-20-17(11-22)16-9-4-13(2)10-18(16)27-20/h5-8,13H,3-4,9-10,12H2,1-2H3,(H,23,24)/t13-/m1/s1. The van der Waals surface area contributed by atoms with E-state index in [1.54, 1.807) is 12.1 Å². The van der Waals surface area contributed by atoms with E-state index in [-0.39, 0.29) is 6.61 Å². The third-order valence-corrected chi connectivity index (χ3v) is 5.98. The van der Waals surface area contributed by atoms with Crippen molar-refractivity contribution in [1.82, 2.24) is 0 Å². The van der Waals surface area contributed by atoms with Gasteiger partial charge in [-0.25, -0.2) is 4.79 Å². The van der Waals surface area contributed by atoms with Crippen LogP contribution in [0, 0.1) is 17.2 Å². The molecule has 0 unspecified atom stereocenters. The molecular formula is C21H22N2O3S. The summed E-state index contributed by atoms with van der Waals surface area (Å²) in [6, 6.07) is 9.34. The number of benzene rings is 1. The Hall–Kier alpha value is -2.65. The number of esters is 1. The van der Waals surface area contributed by atoms with E-state index in [0.29, 0.717) is 22.0 Å². The summed E-state index contributed by atoms with van der Waals surface area (Å²) in [5.74, 6) is -0.379. The Bertz CT molecular complexity index is 893. The molecule has 1 atom stereocenters. The second kappa shape index (κ2) is 8.36. The lowest BCUT2D eigenvalue weighted by Crippen LogP contribution is -2.21. The maximum Gasteiger partial charge on any atom is 0.338 e. The molecule has 1 aromatic heterocycles. The fraction of sp³-hybridized carbons (Fsp3) is 0.381. The molecule has 1 amide bonds. The zero-order valence-electron chi connectivity index (χ0n) is 15.5. The second-order valence-corrected chi connectivity index (χ2v) is 7.95. The summed E-state index contributed by atoms with van der Waals surface area (Å²) in [4.78, 5) is 25.4. The van der Waals surface area contributed by atoms with Crippen LogP contribution >= 0.6 is 11.3 Å². The van der Waals surface area contributed by atoms with Crippen LogP contribution in [-0.4, -0.2) is 18.5 Å². The van der Waals surface area contributed by atoms with Crippen LogP contribution in [0.15, 0.2) is 24.3 Å². The number of nitrogens with one attached hydrogen (secondary N) is 1. The number of carbonyl (C=O) groups is 2. The van der Waals surface area contributed by atoms with Crippen molar-refractivity contribution in [1.29, 1.82) is 5.26 Å². The van der Waals surface area contributed by atoms with Gasteiger partial charge in [-0.1, -0.05) is 26.0 Å². The lowest BCUT2D eigenvalue weighted by molar-refractivity contribution is -0.119.